The van der Waals surface area contributed by atoms with Crippen LogP contribution in [0.4, 0.5) is 0 Å². The summed E-state index contributed by atoms with van der Waals surface area (Å²) in [6.45, 7) is 4.17. The van der Waals surface area contributed by atoms with E-state index < -0.39 is 0 Å². The highest BCUT2D eigenvalue weighted by Crippen LogP contribution is 2.10. The minimum atomic E-state index is -0.129. The fraction of sp³-hybridized carbons (Fsp3) is 0.864. The molecular formula is C22H43NO2. The van der Waals surface area contributed by atoms with Crippen LogP contribution >= 0.6 is 0 Å². The third-order valence-corrected chi connectivity index (χ3v) is 4.67. The number of carbonyl (C=O) groups is 1. The summed E-state index contributed by atoms with van der Waals surface area (Å²) >= 11 is 0. The molecule has 0 spiro atoms. The average Bonchev–Trinajstić information content (AvgIpc) is 2.58. The van der Waals surface area contributed by atoms with E-state index in [1.807, 2.05) is 25.9 Å². The summed E-state index contributed by atoms with van der Waals surface area (Å²) in [6.07, 6.45) is 21.7. The minimum absolute atomic E-state index is 0.0705. The Morgan fingerprint density at radius 3 is 1.84 bits per heavy atom. The second-order valence-corrected chi connectivity index (χ2v) is 7.39. The fourth-order valence-corrected chi connectivity index (χ4v) is 2.69. The van der Waals surface area contributed by atoms with Crippen LogP contribution in [0.2, 0.25) is 0 Å². The van der Waals surface area contributed by atoms with Gasteiger partial charge in [-0.05, 0) is 53.1 Å². The van der Waals surface area contributed by atoms with Crippen molar-refractivity contribution in [3.63, 3.8) is 0 Å². The zero-order chi connectivity index (χ0) is 18.8. The Morgan fingerprint density at radius 2 is 1.32 bits per heavy atom. The van der Waals surface area contributed by atoms with Crippen molar-refractivity contribution in [3.05, 3.63) is 12.2 Å². The van der Waals surface area contributed by atoms with Crippen molar-refractivity contribution in [2.45, 2.75) is 110 Å². The minimum Gasteiger partial charge on any atom is -0.447 e. The third kappa shape index (κ3) is 17.8. The second kappa shape index (κ2) is 18.0. The van der Waals surface area contributed by atoms with Crippen LogP contribution in [0.3, 0.4) is 0 Å². The number of esters is 1. The molecule has 0 fully saturated rings. The molecule has 0 amide bonds. The van der Waals surface area contributed by atoms with Gasteiger partial charge in [0, 0.05) is 6.42 Å². The third-order valence-electron chi connectivity index (χ3n) is 4.67. The lowest BCUT2D eigenvalue weighted by atomic mass is 10.1. The van der Waals surface area contributed by atoms with Gasteiger partial charge < -0.3 is 4.74 Å². The van der Waals surface area contributed by atoms with Crippen LogP contribution < -0.4 is 0 Å². The van der Waals surface area contributed by atoms with Gasteiger partial charge in [-0.3, -0.25) is 9.69 Å². The normalized spacial score (nSPS) is 12.8. The Labute approximate surface area is 157 Å². The zero-order valence-electron chi connectivity index (χ0n) is 17.4. The molecule has 0 bridgehead atoms. The zero-order valence-corrected chi connectivity index (χ0v) is 17.4. The van der Waals surface area contributed by atoms with Crippen LogP contribution in [0, 0.1) is 0 Å². The molecule has 148 valence electrons. The van der Waals surface area contributed by atoms with E-state index in [9.17, 15) is 4.79 Å². The molecule has 0 saturated heterocycles. The average molecular weight is 354 g/mol. The van der Waals surface area contributed by atoms with Gasteiger partial charge in [-0.1, -0.05) is 70.4 Å². The summed E-state index contributed by atoms with van der Waals surface area (Å²) in [7, 11) is 3.83. The second-order valence-electron chi connectivity index (χ2n) is 7.39. The van der Waals surface area contributed by atoms with Crippen LogP contribution in [0.5, 0.6) is 0 Å². The quantitative estimate of drug-likeness (QED) is 0.130. The monoisotopic (exact) mass is 353 g/mol. The van der Waals surface area contributed by atoms with Crippen molar-refractivity contribution in [1.82, 2.24) is 4.90 Å². The Kier molecular flexibility index (Phi) is 17.4. The summed E-state index contributed by atoms with van der Waals surface area (Å²) < 4.78 is 5.31. The predicted octanol–water partition coefficient (Wildman–Crippen LogP) is 6.47. The molecule has 0 heterocycles. The van der Waals surface area contributed by atoms with Gasteiger partial charge in [0.2, 0.25) is 0 Å². The van der Waals surface area contributed by atoms with Crippen molar-refractivity contribution in [1.29, 1.82) is 0 Å². The molecule has 0 radical (unpaired) electrons. The van der Waals surface area contributed by atoms with E-state index in [2.05, 4.69) is 19.1 Å². The van der Waals surface area contributed by atoms with Gasteiger partial charge >= 0.3 is 5.97 Å². The predicted molar refractivity (Wildman–Crippen MR) is 109 cm³/mol. The molecule has 0 aromatic heterocycles. The van der Waals surface area contributed by atoms with Crippen molar-refractivity contribution in [3.8, 4) is 0 Å². The number of hydrogen-bond donors (Lipinski definition) is 0. The molecule has 0 aliphatic heterocycles. The molecule has 3 heteroatoms. The first-order valence-corrected chi connectivity index (χ1v) is 10.6. The molecule has 0 aliphatic carbocycles. The van der Waals surface area contributed by atoms with Crippen LogP contribution in [0.15, 0.2) is 12.2 Å². The van der Waals surface area contributed by atoms with Gasteiger partial charge in [0.1, 0.15) is 0 Å². The highest BCUT2D eigenvalue weighted by Gasteiger charge is 2.10. The number of unbranched alkanes of at least 4 members (excludes halogenated alkanes) is 11. The fourth-order valence-electron chi connectivity index (χ4n) is 2.69. The molecule has 0 N–H and O–H groups in total. The van der Waals surface area contributed by atoms with Crippen LogP contribution in [0.25, 0.3) is 0 Å². The van der Waals surface area contributed by atoms with Gasteiger partial charge in [0.25, 0.3) is 0 Å². The first kappa shape index (κ1) is 24.2. The molecule has 1 atom stereocenters. The molecule has 0 aromatic rings. The number of nitrogens with zero attached hydrogens (tertiary/aromatic N) is 1. The maximum absolute atomic E-state index is 11.6. The summed E-state index contributed by atoms with van der Waals surface area (Å²) in [5, 5.41) is 0. The lowest BCUT2D eigenvalue weighted by Crippen LogP contribution is -2.29. The molecule has 0 aromatic carbocycles. The number of allylic oxidation sites excluding steroid dienone is 2. The SMILES string of the molecule is CCCCCCCC/C=C\CCCCCCCC(=O)OC(C)N(C)C. The van der Waals surface area contributed by atoms with Crippen molar-refractivity contribution in [2.24, 2.45) is 0 Å². The Bertz CT molecular complexity index is 326. The van der Waals surface area contributed by atoms with E-state index in [4.69, 9.17) is 4.74 Å². The van der Waals surface area contributed by atoms with Gasteiger partial charge in [-0.25, -0.2) is 0 Å². The highest BCUT2D eigenvalue weighted by atomic mass is 16.6. The Hall–Kier alpha value is -0.830. The Balaban J connectivity index is 3.28. The summed E-state index contributed by atoms with van der Waals surface area (Å²) in [5.74, 6) is -0.0705. The molecule has 0 aliphatic rings. The molecule has 1 unspecified atom stereocenters. The van der Waals surface area contributed by atoms with Crippen LogP contribution in [0.1, 0.15) is 104 Å². The lowest BCUT2D eigenvalue weighted by molar-refractivity contribution is -0.155. The summed E-state index contributed by atoms with van der Waals surface area (Å²) in [4.78, 5) is 13.5. The van der Waals surface area contributed by atoms with Crippen molar-refractivity contribution < 1.29 is 9.53 Å². The van der Waals surface area contributed by atoms with E-state index in [1.165, 1.54) is 70.6 Å². The Morgan fingerprint density at radius 1 is 0.840 bits per heavy atom. The van der Waals surface area contributed by atoms with Gasteiger partial charge in [-0.15, -0.1) is 0 Å². The number of rotatable bonds is 17. The van der Waals surface area contributed by atoms with E-state index in [0.717, 1.165) is 12.8 Å². The largest absolute Gasteiger partial charge is 0.447 e. The first-order chi connectivity index (χ1) is 12.1. The van der Waals surface area contributed by atoms with Crippen molar-refractivity contribution >= 4 is 5.97 Å². The molecule has 25 heavy (non-hydrogen) atoms. The molecular weight excluding hydrogens is 310 g/mol. The van der Waals surface area contributed by atoms with Gasteiger partial charge in [-0.2, -0.15) is 0 Å². The van der Waals surface area contributed by atoms with E-state index in [1.54, 1.807) is 0 Å². The van der Waals surface area contributed by atoms with Gasteiger partial charge in [0.05, 0.1) is 0 Å². The first-order valence-electron chi connectivity index (χ1n) is 10.6. The van der Waals surface area contributed by atoms with E-state index >= 15 is 0 Å². The summed E-state index contributed by atoms with van der Waals surface area (Å²) in [5.41, 5.74) is 0. The topological polar surface area (TPSA) is 29.5 Å². The van der Waals surface area contributed by atoms with Crippen LogP contribution in [-0.4, -0.2) is 31.2 Å². The number of hydrogen-bond acceptors (Lipinski definition) is 3. The van der Waals surface area contributed by atoms with Crippen molar-refractivity contribution in [2.75, 3.05) is 14.1 Å². The molecule has 3 nitrogen and oxygen atoms in total. The standard InChI is InChI=1S/C22H43NO2/c1-5-6-7-8-9-10-11-12-13-14-15-16-17-18-19-20-22(24)25-21(2)23(3)4/h12-13,21H,5-11,14-20H2,1-4H3/b13-12-. The lowest BCUT2D eigenvalue weighted by Gasteiger charge is -2.19. The van der Waals surface area contributed by atoms with Gasteiger partial charge in [0.15, 0.2) is 6.23 Å². The smallest absolute Gasteiger partial charge is 0.307 e. The molecule has 0 rings (SSSR count). The maximum atomic E-state index is 11.6. The van der Waals surface area contributed by atoms with E-state index in [0.29, 0.717) is 6.42 Å². The van der Waals surface area contributed by atoms with E-state index in [-0.39, 0.29) is 12.2 Å². The highest BCUT2D eigenvalue weighted by molar-refractivity contribution is 5.69. The number of carbonyl (C=O) groups excluding carboxylic acids is 1. The van der Waals surface area contributed by atoms with Crippen LogP contribution in [-0.2, 0) is 9.53 Å². The molecule has 0 saturated carbocycles. The number of ether oxygens (including phenoxy) is 1. The maximum Gasteiger partial charge on any atom is 0.307 e. The summed E-state index contributed by atoms with van der Waals surface area (Å²) in [6, 6.07) is 0.